The number of phenols is 1. The summed E-state index contributed by atoms with van der Waals surface area (Å²) in [4.78, 5) is 78.2. The molecule has 2 unspecified atom stereocenters. The van der Waals surface area contributed by atoms with E-state index in [9.17, 15) is 39.0 Å². The Balaban J connectivity index is 0.999. The number of unbranched alkanes of at least 4 members (excludes halogenated alkanes) is 2. The SMILES string of the molecule is CC(=O)C(Cc1c[nH]c2ccccc12)NC(=O)C(CCC(N)=O)NC(=O)CCCCCNC(=S)Nc1ccc(-c2c3ccc(=O)cc-3oc3cc(O)ccc23)c(C(=O)O)c1. The Morgan fingerprint density at radius 3 is 2.42 bits per heavy atom. The molecule has 1 aliphatic heterocycles. The second kappa shape index (κ2) is 19.1. The molecule has 2 atom stereocenters. The molecule has 60 heavy (non-hydrogen) atoms. The van der Waals surface area contributed by atoms with Gasteiger partial charge in [-0.2, -0.15) is 0 Å². The summed E-state index contributed by atoms with van der Waals surface area (Å²) >= 11 is 5.46. The van der Waals surface area contributed by atoms with Crippen LogP contribution in [-0.2, 0) is 25.6 Å². The number of aromatic carboxylic acids is 1. The number of nitrogens with two attached hydrogens (primary N) is 1. The standard InChI is InChI=1S/C44H44N6O9S/c1-24(51)36(19-25-23-47-34-8-5-4-7-29(25)34)50-42(56)35(16-17-39(45)54)49-40(55)9-3-2-6-18-46-44(60)48-26-10-13-30(33(20-26)43(57)58)41-31-14-11-27(52)21-37(31)59-38-22-28(53)12-15-32(38)41/h4-5,7-8,10-15,20-23,35-36,47,52H,2-3,6,9,16-19H2,1H3,(H2,45,54)(H,49,55)(H,50,56)(H,57,58)(H2,46,48,60). The zero-order valence-corrected chi connectivity index (χ0v) is 33.4. The van der Waals surface area contributed by atoms with E-state index in [1.165, 1.54) is 37.3 Å². The maximum Gasteiger partial charge on any atom is 0.336 e. The molecule has 16 heteroatoms. The normalized spacial score (nSPS) is 12.2. The summed E-state index contributed by atoms with van der Waals surface area (Å²) in [6.07, 6.45) is 3.73. The number of hydrogen-bond acceptors (Lipinski definition) is 9. The number of ketones is 1. The number of fused-ring (bicyclic) bond motifs is 3. The van der Waals surface area contributed by atoms with E-state index in [0.717, 1.165) is 16.5 Å². The predicted molar refractivity (Wildman–Crippen MR) is 231 cm³/mol. The van der Waals surface area contributed by atoms with Crippen LogP contribution in [0.15, 0.2) is 94.3 Å². The van der Waals surface area contributed by atoms with Crippen LogP contribution in [0.5, 0.6) is 5.75 Å². The number of nitrogens with one attached hydrogen (secondary N) is 5. The highest BCUT2D eigenvalue weighted by atomic mass is 32.1. The fraction of sp³-hybridized carbons (Fsp3) is 0.250. The molecular formula is C44H44N6O9S. The number of H-pyrrole nitrogens is 1. The van der Waals surface area contributed by atoms with E-state index in [1.807, 2.05) is 24.3 Å². The van der Waals surface area contributed by atoms with Crippen LogP contribution < -0.4 is 32.4 Å². The van der Waals surface area contributed by atoms with Crippen LogP contribution in [-0.4, -0.2) is 68.4 Å². The average molecular weight is 833 g/mol. The topological polar surface area (TPSA) is 246 Å². The summed E-state index contributed by atoms with van der Waals surface area (Å²) < 4.78 is 5.90. The van der Waals surface area contributed by atoms with Crippen LogP contribution >= 0.6 is 12.2 Å². The lowest BCUT2D eigenvalue weighted by atomic mass is 9.90. The Morgan fingerprint density at radius 2 is 1.65 bits per heavy atom. The van der Waals surface area contributed by atoms with E-state index < -0.39 is 35.8 Å². The number of anilines is 1. The third-order valence-corrected chi connectivity index (χ3v) is 10.3. The molecule has 0 fully saturated rings. The minimum atomic E-state index is -1.19. The number of primary amides is 1. The molecule has 3 aromatic carbocycles. The number of carbonyl (C=O) groups is 5. The van der Waals surface area contributed by atoms with Crippen molar-refractivity contribution in [2.75, 3.05) is 11.9 Å². The second-order valence-electron chi connectivity index (χ2n) is 14.4. The number of Topliss-reactive ketones (excluding diaryl/α,β-unsaturated/α-hetero) is 1. The third kappa shape index (κ3) is 10.5. The van der Waals surface area contributed by atoms with Crippen LogP contribution in [0, 0.1) is 0 Å². The van der Waals surface area contributed by atoms with Crippen molar-refractivity contribution in [3.8, 4) is 28.2 Å². The molecule has 0 bridgehead atoms. The van der Waals surface area contributed by atoms with Gasteiger partial charge in [-0.3, -0.25) is 24.0 Å². The van der Waals surface area contributed by atoms with Crippen molar-refractivity contribution in [2.24, 2.45) is 5.73 Å². The van der Waals surface area contributed by atoms with Crippen LogP contribution in [0.1, 0.15) is 61.4 Å². The lowest BCUT2D eigenvalue weighted by molar-refractivity contribution is -0.131. The van der Waals surface area contributed by atoms with Crippen molar-refractivity contribution in [2.45, 2.75) is 64.0 Å². The van der Waals surface area contributed by atoms with Crippen molar-refractivity contribution < 1.29 is 38.6 Å². The van der Waals surface area contributed by atoms with Crippen molar-refractivity contribution in [3.63, 3.8) is 0 Å². The van der Waals surface area contributed by atoms with Gasteiger partial charge in [0, 0.05) is 77.2 Å². The van der Waals surface area contributed by atoms with Crippen molar-refractivity contribution in [1.29, 1.82) is 0 Å². The highest BCUT2D eigenvalue weighted by Gasteiger charge is 2.27. The first-order chi connectivity index (χ1) is 28.8. The first-order valence-corrected chi connectivity index (χ1v) is 19.7. The van der Waals surface area contributed by atoms with Gasteiger partial charge in [0.1, 0.15) is 23.1 Å². The van der Waals surface area contributed by atoms with Gasteiger partial charge < -0.3 is 46.6 Å². The number of amides is 3. The zero-order chi connectivity index (χ0) is 42.9. The maximum absolute atomic E-state index is 13.3. The van der Waals surface area contributed by atoms with Gasteiger partial charge in [-0.05, 0) is 92.0 Å². The highest BCUT2D eigenvalue weighted by Crippen LogP contribution is 2.42. The molecule has 1 aliphatic carbocycles. The molecule has 0 saturated heterocycles. The number of carboxylic acids is 1. The number of hydrogen-bond donors (Lipinski definition) is 8. The van der Waals surface area contributed by atoms with E-state index >= 15 is 0 Å². The van der Waals surface area contributed by atoms with Crippen LogP contribution in [0.2, 0.25) is 0 Å². The van der Waals surface area contributed by atoms with Crippen LogP contribution in [0.25, 0.3) is 44.3 Å². The first kappa shape index (κ1) is 42.5. The number of aromatic nitrogens is 1. The minimum absolute atomic E-state index is 0.0271. The number of carbonyl (C=O) groups excluding carboxylic acids is 4. The van der Waals surface area contributed by atoms with E-state index in [1.54, 1.807) is 30.5 Å². The van der Waals surface area contributed by atoms with E-state index in [0.29, 0.717) is 53.6 Å². The van der Waals surface area contributed by atoms with Gasteiger partial charge in [0.25, 0.3) is 0 Å². The molecule has 0 saturated carbocycles. The molecule has 15 nitrogen and oxygen atoms in total. The number of carboxylic acid groups (broad SMARTS) is 1. The highest BCUT2D eigenvalue weighted by molar-refractivity contribution is 7.80. The van der Waals surface area contributed by atoms with Crippen LogP contribution in [0.4, 0.5) is 5.69 Å². The number of thiocarbonyl (C=S) groups is 1. The fourth-order valence-electron chi connectivity index (χ4n) is 7.04. The van der Waals surface area contributed by atoms with Crippen LogP contribution in [0.3, 0.4) is 0 Å². The quantitative estimate of drug-likeness (QED) is 0.0310. The molecule has 3 amide bonds. The molecule has 2 aliphatic rings. The van der Waals surface area contributed by atoms with Gasteiger partial charge in [-0.25, -0.2) is 4.79 Å². The Kier molecular flexibility index (Phi) is 13.6. The lowest BCUT2D eigenvalue weighted by Gasteiger charge is -2.22. The van der Waals surface area contributed by atoms with Crippen molar-refractivity contribution in [1.82, 2.24) is 20.9 Å². The monoisotopic (exact) mass is 832 g/mol. The Morgan fingerprint density at radius 1 is 0.867 bits per heavy atom. The summed E-state index contributed by atoms with van der Waals surface area (Å²) in [7, 11) is 0. The lowest BCUT2D eigenvalue weighted by Crippen LogP contribution is -2.52. The molecule has 6 rings (SSSR count). The number of rotatable bonds is 18. The van der Waals surface area contributed by atoms with E-state index in [4.69, 9.17) is 22.4 Å². The molecule has 9 N–H and O–H groups in total. The molecule has 1 aromatic heterocycles. The number of aromatic amines is 1. The van der Waals surface area contributed by atoms with E-state index in [2.05, 4.69) is 26.3 Å². The molecule has 0 radical (unpaired) electrons. The third-order valence-electron chi connectivity index (χ3n) is 10.1. The molecule has 2 heterocycles. The van der Waals surface area contributed by atoms with Crippen molar-refractivity contribution >= 4 is 74.4 Å². The van der Waals surface area contributed by atoms with Gasteiger partial charge in [-0.1, -0.05) is 30.7 Å². The summed E-state index contributed by atoms with van der Waals surface area (Å²) in [5, 5.41) is 33.6. The van der Waals surface area contributed by atoms with Gasteiger partial charge in [0.15, 0.2) is 16.3 Å². The largest absolute Gasteiger partial charge is 0.508 e. The minimum Gasteiger partial charge on any atom is -0.508 e. The van der Waals surface area contributed by atoms with Crippen molar-refractivity contribution in [3.05, 3.63) is 106 Å². The van der Waals surface area contributed by atoms with E-state index in [-0.39, 0.29) is 64.7 Å². The first-order valence-electron chi connectivity index (χ1n) is 19.3. The smallest absolute Gasteiger partial charge is 0.336 e. The Labute approximate surface area is 349 Å². The van der Waals surface area contributed by atoms with Gasteiger partial charge >= 0.3 is 5.97 Å². The summed E-state index contributed by atoms with van der Waals surface area (Å²) in [5.74, 6) is -2.87. The summed E-state index contributed by atoms with van der Waals surface area (Å²) in [5.41, 5.74) is 8.88. The molecular weight excluding hydrogens is 789 g/mol. The number of para-hydroxylation sites is 1. The zero-order valence-electron chi connectivity index (χ0n) is 32.6. The molecule has 0 spiro atoms. The summed E-state index contributed by atoms with van der Waals surface area (Å²) in [6, 6.07) is 19.2. The van der Waals surface area contributed by atoms with Gasteiger partial charge in [-0.15, -0.1) is 0 Å². The second-order valence-corrected chi connectivity index (χ2v) is 14.8. The summed E-state index contributed by atoms with van der Waals surface area (Å²) in [6.45, 7) is 1.83. The maximum atomic E-state index is 13.3. The Bertz CT molecular complexity index is 2640. The predicted octanol–water partition coefficient (Wildman–Crippen LogP) is 5.36. The number of aromatic hydroxyl groups is 1. The average Bonchev–Trinajstić information content (AvgIpc) is 3.61. The van der Waals surface area contributed by atoms with Gasteiger partial charge in [0.2, 0.25) is 17.7 Å². The molecule has 310 valence electrons. The number of phenolic OH excluding ortho intramolecular Hbond substituents is 1. The van der Waals surface area contributed by atoms with Gasteiger partial charge in [0.05, 0.1) is 11.6 Å². The number of benzene rings is 4. The fourth-order valence-corrected chi connectivity index (χ4v) is 7.26. The molecule has 4 aromatic rings. The Hall–Kier alpha value is -7.07.